The fourth-order valence-electron chi connectivity index (χ4n) is 2.03. The first-order chi connectivity index (χ1) is 12.3. The van der Waals surface area contributed by atoms with E-state index in [9.17, 15) is 18.0 Å². The summed E-state index contributed by atoms with van der Waals surface area (Å²) in [6.45, 7) is 3.80. The molecule has 10 heteroatoms. The standard InChI is InChI=1S/C16H18F3N3O4/c1-4-25-22(14(23)10(2)24-3)9-11-5-7-12(8-6-11)13-20-15(26-21-13)16(17,18)19/h5-8,10H,4,9H2,1-3H3. The normalized spacial score (nSPS) is 12.8. The zero-order chi connectivity index (χ0) is 19.3. The Bertz CT molecular complexity index is 731. The van der Waals surface area contributed by atoms with Gasteiger partial charge in [0.15, 0.2) is 0 Å². The lowest BCUT2D eigenvalue weighted by Gasteiger charge is -2.23. The molecule has 0 fully saturated rings. The van der Waals surface area contributed by atoms with Gasteiger partial charge in [0.1, 0.15) is 6.10 Å². The molecule has 2 rings (SSSR count). The van der Waals surface area contributed by atoms with Crippen molar-refractivity contribution in [1.29, 1.82) is 0 Å². The predicted molar refractivity (Wildman–Crippen MR) is 83.4 cm³/mol. The van der Waals surface area contributed by atoms with E-state index in [2.05, 4.69) is 14.7 Å². The van der Waals surface area contributed by atoms with Crippen molar-refractivity contribution in [3.05, 3.63) is 35.7 Å². The van der Waals surface area contributed by atoms with Gasteiger partial charge >= 0.3 is 12.1 Å². The highest BCUT2D eigenvalue weighted by Crippen LogP contribution is 2.29. The quantitative estimate of drug-likeness (QED) is 0.694. The maximum absolute atomic E-state index is 12.5. The number of amides is 1. The molecule has 0 saturated heterocycles. The molecule has 0 aliphatic carbocycles. The summed E-state index contributed by atoms with van der Waals surface area (Å²) in [5.74, 6) is -1.92. The number of ether oxygens (including phenoxy) is 1. The van der Waals surface area contributed by atoms with Gasteiger partial charge in [-0.3, -0.25) is 9.63 Å². The molecule has 1 amide bonds. The van der Waals surface area contributed by atoms with Gasteiger partial charge in [-0.2, -0.15) is 18.2 Å². The van der Waals surface area contributed by atoms with Gasteiger partial charge in [-0.25, -0.2) is 5.06 Å². The van der Waals surface area contributed by atoms with Gasteiger partial charge in [-0.1, -0.05) is 29.4 Å². The number of hydrogen-bond acceptors (Lipinski definition) is 6. The second kappa shape index (κ2) is 8.28. The van der Waals surface area contributed by atoms with Crippen LogP contribution in [0.4, 0.5) is 13.2 Å². The van der Waals surface area contributed by atoms with E-state index in [0.717, 1.165) is 0 Å². The van der Waals surface area contributed by atoms with E-state index in [1.807, 2.05) is 0 Å². The number of nitrogens with zero attached hydrogens (tertiary/aromatic N) is 3. The van der Waals surface area contributed by atoms with Gasteiger partial charge in [0.25, 0.3) is 5.91 Å². The average Bonchev–Trinajstić information content (AvgIpc) is 3.11. The summed E-state index contributed by atoms with van der Waals surface area (Å²) < 4.78 is 46.7. The number of aromatic nitrogens is 2. The molecule has 142 valence electrons. The molecule has 1 heterocycles. The summed E-state index contributed by atoms with van der Waals surface area (Å²) in [5, 5.41) is 4.50. The topological polar surface area (TPSA) is 77.7 Å². The van der Waals surface area contributed by atoms with E-state index in [0.29, 0.717) is 17.7 Å². The molecule has 1 unspecified atom stereocenters. The van der Waals surface area contributed by atoms with Crippen LogP contribution in [-0.2, 0) is 27.1 Å². The molecule has 0 aliphatic rings. The van der Waals surface area contributed by atoms with Gasteiger partial charge in [0.2, 0.25) is 5.82 Å². The van der Waals surface area contributed by atoms with Crippen LogP contribution in [0.1, 0.15) is 25.3 Å². The van der Waals surface area contributed by atoms with Crippen LogP contribution < -0.4 is 0 Å². The molecule has 1 aromatic heterocycles. The first kappa shape index (κ1) is 19.9. The van der Waals surface area contributed by atoms with E-state index < -0.39 is 18.2 Å². The predicted octanol–water partition coefficient (Wildman–Crippen LogP) is 3.07. The first-order valence-electron chi connectivity index (χ1n) is 7.73. The lowest BCUT2D eigenvalue weighted by Crippen LogP contribution is -2.38. The van der Waals surface area contributed by atoms with Crippen molar-refractivity contribution in [2.75, 3.05) is 13.7 Å². The second-order valence-corrected chi connectivity index (χ2v) is 5.29. The molecule has 2 aromatic rings. The Kier molecular flexibility index (Phi) is 6.32. The van der Waals surface area contributed by atoms with Crippen molar-refractivity contribution in [1.82, 2.24) is 15.2 Å². The Morgan fingerprint density at radius 2 is 1.96 bits per heavy atom. The second-order valence-electron chi connectivity index (χ2n) is 5.29. The number of benzene rings is 1. The van der Waals surface area contributed by atoms with Crippen molar-refractivity contribution < 1.29 is 32.1 Å². The van der Waals surface area contributed by atoms with E-state index in [4.69, 9.17) is 9.57 Å². The smallest absolute Gasteiger partial charge is 0.372 e. The van der Waals surface area contributed by atoms with E-state index >= 15 is 0 Å². The number of methoxy groups -OCH3 is 1. The van der Waals surface area contributed by atoms with Gasteiger partial charge in [0.05, 0.1) is 13.2 Å². The fraction of sp³-hybridized carbons (Fsp3) is 0.438. The molecule has 0 radical (unpaired) electrons. The van der Waals surface area contributed by atoms with Gasteiger partial charge in [-0.15, -0.1) is 0 Å². The van der Waals surface area contributed by atoms with Crippen LogP contribution in [0.15, 0.2) is 28.8 Å². The van der Waals surface area contributed by atoms with Gasteiger partial charge < -0.3 is 9.26 Å². The van der Waals surface area contributed by atoms with E-state index in [1.54, 1.807) is 26.0 Å². The van der Waals surface area contributed by atoms with Crippen molar-refractivity contribution in [3.8, 4) is 11.4 Å². The highest BCUT2D eigenvalue weighted by molar-refractivity contribution is 5.79. The summed E-state index contributed by atoms with van der Waals surface area (Å²) in [7, 11) is 1.42. The summed E-state index contributed by atoms with van der Waals surface area (Å²) >= 11 is 0. The Hall–Kier alpha value is -2.46. The summed E-state index contributed by atoms with van der Waals surface area (Å²) in [5.41, 5.74) is 1.06. The Morgan fingerprint density at radius 1 is 1.31 bits per heavy atom. The zero-order valence-electron chi connectivity index (χ0n) is 14.4. The minimum absolute atomic E-state index is 0.153. The summed E-state index contributed by atoms with van der Waals surface area (Å²) in [6.07, 6.45) is -5.36. The largest absolute Gasteiger partial charge is 0.471 e. The van der Waals surface area contributed by atoms with Crippen LogP contribution in [0.2, 0.25) is 0 Å². The summed E-state index contributed by atoms with van der Waals surface area (Å²) in [4.78, 5) is 20.8. The van der Waals surface area contributed by atoms with E-state index in [1.165, 1.54) is 24.3 Å². The lowest BCUT2D eigenvalue weighted by atomic mass is 10.1. The lowest BCUT2D eigenvalue weighted by molar-refractivity contribution is -0.197. The van der Waals surface area contributed by atoms with Gasteiger partial charge in [0, 0.05) is 12.7 Å². The van der Waals surface area contributed by atoms with Crippen molar-refractivity contribution in [3.63, 3.8) is 0 Å². The Labute approximate surface area is 147 Å². The Balaban J connectivity index is 2.13. The van der Waals surface area contributed by atoms with Crippen LogP contribution >= 0.6 is 0 Å². The molecule has 0 aliphatic heterocycles. The van der Waals surface area contributed by atoms with Crippen LogP contribution in [0.25, 0.3) is 11.4 Å². The summed E-state index contributed by atoms with van der Waals surface area (Å²) in [6, 6.07) is 6.34. The SMILES string of the molecule is CCON(Cc1ccc(-c2noc(C(F)(F)F)n2)cc1)C(=O)C(C)OC. The molecule has 1 atom stereocenters. The number of hydrogen-bond donors (Lipinski definition) is 0. The zero-order valence-corrected chi connectivity index (χ0v) is 14.4. The molecule has 1 aromatic carbocycles. The maximum Gasteiger partial charge on any atom is 0.471 e. The highest BCUT2D eigenvalue weighted by atomic mass is 19.4. The van der Waals surface area contributed by atoms with Crippen molar-refractivity contribution in [2.45, 2.75) is 32.7 Å². The molecule has 26 heavy (non-hydrogen) atoms. The first-order valence-corrected chi connectivity index (χ1v) is 7.73. The van der Waals surface area contributed by atoms with Gasteiger partial charge in [-0.05, 0) is 19.4 Å². The van der Waals surface area contributed by atoms with Crippen molar-refractivity contribution >= 4 is 5.91 Å². The number of carbonyl (C=O) groups excluding carboxylic acids is 1. The molecular weight excluding hydrogens is 355 g/mol. The number of halogens is 3. The third-order valence-corrected chi connectivity index (χ3v) is 3.44. The fourth-order valence-corrected chi connectivity index (χ4v) is 2.03. The van der Waals surface area contributed by atoms with Crippen LogP contribution in [0, 0.1) is 0 Å². The minimum atomic E-state index is -4.69. The number of alkyl halides is 3. The molecule has 0 spiro atoms. The highest BCUT2D eigenvalue weighted by Gasteiger charge is 2.38. The number of hydroxylamine groups is 2. The number of carbonyl (C=O) groups is 1. The molecule has 7 nitrogen and oxygen atoms in total. The van der Waals surface area contributed by atoms with E-state index in [-0.39, 0.29) is 18.3 Å². The van der Waals surface area contributed by atoms with Crippen LogP contribution in [0.3, 0.4) is 0 Å². The average molecular weight is 373 g/mol. The molecule has 0 bridgehead atoms. The third kappa shape index (κ3) is 4.79. The number of rotatable bonds is 7. The maximum atomic E-state index is 12.5. The minimum Gasteiger partial charge on any atom is -0.372 e. The molecular formula is C16H18F3N3O4. The Morgan fingerprint density at radius 3 is 2.46 bits per heavy atom. The van der Waals surface area contributed by atoms with Crippen LogP contribution in [0.5, 0.6) is 0 Å². The van der Waals surface area contributed by atoms with Crippen molar-refractivity contribution in [2.24, 2.45) is 0 Å². The van der Waals surface area contributed by atoms with Crippen LogP contribution in [-0.4, -0.2) is 40.9 Å². The third-order valence-electron chi connectivity index (χ3n) is 3.44. The molecule has 0 N–H and O–H groups in total. The molecule has 0 saturated carbocycles. The monoisotopic (exact) mass is 373 g/mol.